The number of nitrogens with zero attached hydrogens (tertiary/aromatic N) is 2. The molecule has 0 saturated carbocycles. The lowest BCUT2D eigenvalue weighted by atomic mass is 10.1. The first kappa shape index (κ1) is 37.0. The molecule has 0 spiro atoms. The van der Waals surface area contributed by atoms with Gasteiger partial charge in [-0.1, -0.05) is 24.3 Å². The number of hydrogen-bond acceptors (Lipinski definition) is 11. The standard InChI is InChI=1S/C39H28N2O14/c42-34(43)22-12-14-30-28(20-22)40(16-18-52-38(50)26-8-3-1-6-24(26)36(46)47)32(54-30)10-5-11-33-41(29-21-23(35(44)45)13-15-31(29)55-33)17-19-53-39(51)27-9-4-2-7-25(27)37(48)49/h1-15,20-21H,16-19H2,(H3-,42,43,44,45,46,47,48,49)/p+1. The summed E-state index contributed by atoms with van der Waals surface area (Å²) in [6.07, 6.45) is 4.57. The number of aromatic nitrogens is 1. The summed E-state index contributed by atoms with van der Waals surface area (Å²) in [5.41, 5.74) is 0.189. The Labute approximate surface area is 309 Å². The van der Waals surface area contributed by atoms with Gasteiger partial charge in [-0.25, -0.2) is 28.8 Å². The summed E-state index contributed by atoms with van der Waals surface area (Å²) < 4.78 is 24.3. The largest absolute Gasteiger partial charge is 0.478 e. The molecule has 4 N–H and O–H groups in total. The zero-order chi connectivity index (χ0) is 39.2. The molecule has 0 amide bonds. The van der Waals surface area contributed by atoms with Crippen LogP contribution in [0.15, 0.2) is 107 Å². The van der Waals surface area contributed by atoms with Gasteiger partial charge in [-0.3, -0.25) is 0 Å². The average molecular weight is 750 g/mol. The second kappa shape index (κ2) is 15.9. The second-order valence-corrected chi connectivity index (χ2v) is 11.7. The van der Waals surface area contributed by atoms with Crippen LogP contribution in [0.2, 0.25) is 0 Å². The highest BCUT2D eigenvalue weighted by atomic mass is 16.5. The molecule has 0 fully saturated rings. The second-order valence-electron chi connectivity index (χ2n) is 11.7. The average Bonchev–Trinajstić information content (AvgIpc) is 3.70. The topological polar surface area (TPSA) is 231 Å². The van der Waals surface area contributed by atoms with E-state index in [0.29, 0.717) is 22.5 Å². The summed E-state index contributed by atoms with van der Waals surface area (Å²) in [4.78, 5) is 73.9. The van der Waals surface area contributed by atoms with Gasteiger partial charge in [-0.05, 0) is 66.7 Å². The van der Waals surface area contributed by atoms with E-state index in [4.69, 9.17) is 18.6 Å². The van der Waals surface area contributed by atoms with Crippen molar-refractivity contribution < 1.29 is 72.4 Å². The van der Waals surface area contributed by atoms with Crippen molar-refractivity contribution in [2.75, 3.05) is 24.7 Å². The molecule has 1 aromatic heterocycles. The van der Waals surface area contributed by atoms with Crippen LogP contribution in [0.4, 0.5) is 5.69 Å². The van der Waals surface area contributed by atoms with Gasteiger partial charge in [0.15, 0.2) is 18.9 Å². The van der Waals surface area contributed by atoms with Gasteiger partial charge >= 0.3 is 41.7 Å². The first-order valence-corrected chi connectivity index (χ1v) is 16.3. The fraction of sp³-hybridized carbons (Fsp3) is 0.103. The number of hydrogen-bond donors (Lipinski definition) is 4. The highest BCUT2D eigenvalue weighted by Crippen LogP contribution is 2.39. The molecule has 16 nitrogen and oxygen atoms in total. The molecule has 0 atom stereocenters. The lowest BCUT2D eigenvalue weighted by molar-refractivity contribution is -0.679. The van der Waals surface area contributed by atoms with Gasteiger partial charge in [0.2, 0.25) is 11.5 Å². The Morgan fingerprint density at radius 1 is 0.673 bits per heavy atom. The number of ether oxygens (including phenoxy) is 3. The molecule has 278 valence electrons. The van der Waals surface area contributed by atoms with Crippen LogP contribution in [0.25, 0.3) is 17.2 Å². The minimum atomic E-state index is -1.30. The monoisotopic (exact) mass is 749 g/mol. The van der Waals surface area contributed by atoms with Crippen molar-refractivity contribution in [3.63, 3.8) is 0 Å². The predicted octanol–water partition coefficient (Wildman–Crippen LogP) is 4.98. The van der Waals surface area contributed by atoms with Gasteiger partial charge in [-0.15, -0.1) is 0 Å². The maximum absolute atomic E-state index is 12.8. The van der Waals surface area contributed by atoms with E-state index in [0.717, 1.165) is 0 Å². The van der Waals surface area contributed by atoms with Crippen LogP contribution < -0.4 is 14.2 Å². The molecule has 0 bridgehead atoms. The van der Waals surface area contributed by atoms with Crippen molar-refractivity contribution in [1.29, 1.82) is 0 Å². The molecule has 4 aromatic carbocycles. The summed E-state index contributed by atoms with van der Waals surface area (Å²) >= 11 is 0. The Morgan fingerprint density at radius 2 is 1.24 bits per heavy atom. The molecule has 16 heteroatoms. The number of fused-ring (bicyclic) bond motifs is 2. The van der Waals surface area contributed by atoms with E-state index in [1.165, 1.54) is 103 Å². The third-order valence-electron chi connectivity index (χ3n) is 8.28. The molecule has 2 heterocycles. The Morgan fingerprint density at radius 3 is 1.84 bits per heavy atom. The quantitative estimate of drug-likeness (QED) is 0.0866. The van der Waals surface area contributed by atoms with Crippen molar-refractivity contribution in [3.8, 4) is 5.75 Å². The van der Waals surface area contributed by atoms with Crippen LogP contribution in [0, 0.1) is 0 Å². The highest BCUT2D eigenvalue weighted by Gasteiger charge is 2.29. The molecule has 0 unspecified atom stereocenters. The van der Waals surface area contributed by atoms with Gasteiger partial charge in [0, 0.05) is 6.07 Å². The van der Waals surface area contributed by atoms with E-state index in [9.17, 15) is 49.2 Å². The van der Waals surface area contributed by atoms with Crippen LogP contribution in [-0.2, 0) is 16.0 Å². The number of benzene rings is 4. The number of carbonyl (C=O) groups is 6. The number of carbonyl (C=O) groups excluding carboxylic acids is 2. The Kier molecular flexibility index (Phi) is 10.7. The van der Waals surface area contributed by atoms with E-state index < -0.39 is 35.8 Å². The Hall–Kier alpha value is -7.75. The number of carboxylic acids is 4. The third kappa shape index (κ3) is 8.02. The summed E-state index contributed by atoms with van der Waals surface area (Å²) in [6, 6.07) is 19.6. The van der Waals surface area contributed by atoms with Crippen LogP contribution in [-0.4, -0.2) is 76.0 Å². The molecule has 5 aromatic rings. The van der Waals surface area contributed by atoms with Crippen molar-refractivity contribution in [3.05, 3.63) is 142 Å². The molecular weight excluding hydrogens is 720 g/mol. The van der Waals surface area contributed by atoms with Crippen LogP contribution in [0.3, 0.4) is 0 Å². The molecule has 55 heavy (non-hydrogen) atoms. The third-order valence-corrected chi connectivity index (χ3v) is 8.28. The smallest absolute Gasteiger partial charge is 0.374 e. The maximum atomic E-state index is 12.8. The summed E-state index contributed by atoms with van der Waals surface area (Å²) in [5.74, 6) is -6.04. The molecule has 0 aliphatic carbocycles. The van der Waals surface area contributed by atoms with Crippen LogP contribution in [0.1, 0.15) is 68.0 Å². The highest BCUT2D eigenvalue weighted by molar-refractivity contribution is 6.03. The summed E-state index contributed by atoms with van der Waals surface area (Å²) in [5, 5.41) is 38.1. The van der Waals surface area contributed by atoms with Gasteiger partial charge in [0.1, 0.15) is 6.61 Å². The lowest BCUT2D eigenvalue weighted by Gasteiger charge is -2.18. The summed E-state index contributed by atoms with van der Waals surface area (Å²) in [7, 11) is 0. The number of rotatable bonds is 14. The fourth-order valence-electron chi connectivity index (χ4n) is 5.70. The number of allylic oxidation sites excluding steroid dienone is 2. The first-order chi connectivity index (χ1) is 26.4. The fourth-order valence-corrected chi connectivity index (χ4v) is 5.70. The van der Waals surface area contributed by atoms with Crippen LogP contribution in [0.5, 0.6) is 5.75 Å². The zero-order valence-electron chi connectivity index (χ0n) is 28.4. The maximum Gasteiger partial charge on any atom is 0.374 e. The van der Waals surface area contributed by atoms with E-state index in [2.05, 4.69) is 0 Å². The van der Waals surface area contributed by atoms with Crippen molar-refractivity contribution >= 4 is 58.7 Å². The lowest BCUT2D eigenvalue weighted by Crippen LogP contribution is -2.38. The minimum absolute atomic E-state index is 0.0320. The molecule has 6 rings (SSSR count). The van der Waals surface area contributed by atoms with Crippen molar-refractivity contribution in [2.24, 2.45) is 0 Å². The number of aromatic carboxylic acids is 4. The number of carboxylic acid groups (broad SMARTS) is 4. The first-order valence-electron chi connectivity index (χ1n) is 16.3. The molecular formula is C39H29N2O14+. The molecule has 0 radical (unpaired) electrons. The van der Waals surface area contributed by atoms with E-state index in [-0.39, 0.29) is 71.5 Å². The van der Waals surface area contributed by atoms with E-state index in [1.807, 2.05) is 0 Å². The van der Waals surface area contributed by atoms with E-state index in [1.54, 1.807) is 9.47 Å². The minimum Gasteiger partial charge on any atom is -0.478 e. The van der Waals surface area contributed by atoms with Gasteiger partial charge in [-0.2, -0.15) is 4.57 Å². The number of oxazole rings is 1. The molecule has 1 aliphatic rings. The zero-order valence-corrected chi connectivity index (χ0v) is 28.4. The molecule has 0 saturated heterocycles. The van der Waals surface area contributed by atoms with Crippen LogP contribution >= 0.6 is 0 Å². The van der Waals surface area contributed by atoms with Crippen molar-refractivity contribution in [2.45, 2.75) is 6.54 Å². The van der Waals surface area contributed by atoms with Gasteiger partial charge in [0.25, 0.3) is 5.52 Å². The van der Waals surface area contributed by atoms with Crippen molar-refractivity contribution in [1.82, 2.24) is 0 Å². The van der Waals surface area contributed by atoms with Gasteiger partial charge in [0.05, 0.1) is 51.7 Å². The van der Waals surface area contributed by atoms with E-state index >= 15 is 0 Å². The predicted molar refractivity (Wildman–Crippen MR) is 189 cm³/mol. The normalized spacial score (nSPS) is 12.7. The Balaban J connectivity index is 1.26. The van der Waals surface area contributed by atoms with Gasteiger partial charge < -0.3 is 44.0 Å². The molecule has 1 aliphatic heterocycles. The summed E-state index contributed by atoms with van der Waals surface area (Å²) in [6.45, 7) is -0.566. The SMILES string of the molecule is O=C(O)c1ccc2c(c1)N(CCOC(=O)c1ccccc1C(=O)O)C(=CC=Cc1oc3ccc(C(=O)O)cc3[n+]1CCOC(=O)c1ccccc1C(=O)O)O2. The number of anilines is 1. The number of esters is 2. The Bertz CT molecular complexity index is 2440.